The van der Waals surface area contributed by atoms with E-state index in [-0.39, 0.29) is 17.8 Å². The molecule has 0 bridgehead atoms. The molecule has 1 heterocycles. The van der Waals surface area contributed by atoms with Gasteiger partial charge < -0.3 is 15.4 Å². The maximum Gasteiger partial charge on any atom is 0.319 e. The van der Waals surface area contributed by atoms with Crippen LogP contribution in [0.25, 0.3) is 0 Å². The number of nitrogens with one attached hydrogen (secondary N) is 2. The fourth-order valence-corrected chi connectivity index (χ4v) is 3.00. The summed E-state index contributed by atoms with van der Waals surface area (Å²) in [5.41, 5.74) is 3.26. The first-order valence-corrected chi connectivity index (χ1v) is 9.09. The van der Waals surface area contributed by atoms with E-state index in [0.29, 0.717) is 42.9 Å². The number of amides is 4. The molecule has 0 aromatic heterocycles. The summed E-state index contributed by atoms with van der Waals surface area (Å²) in [7, 11) is 1.57. The van der Waals surface area contributed by atoms with Crippen LogP contribution in [0.3, 0.4) is 0 Å². The highest BCUT2D eigenvalue weighted by Gasteiger charge is 2.35. The van der Waals surface area contributed by atoms with Crippen LogP contribution in [-0.2, 0) is 11.3 Å². The minimum Gasteiger partial charge on any atom is -0.385 e. The fourth-order valence-electron chi connectivity index (χ4n) is 3.00. The van der Waals surface area contributed by atoms with Gasteiger partial charge in [0.1, 0.15) is 0 Å². The minimum atomic E-state index is -0.380. The van der Waals surface area contributed by atoms with Crippen molar-refractivity contribution in [3.8, 4) is 0 Å². The molecule has 2 aromatic carbocycles. The number of hydrogen-bond donors (Lipinski definition) is 2. The number of rotatable bonds is 7. The molecule has 2 aromatic rings. The van der Waals surface area contributed by atoms with Gasteiger partial charge in [-0.2, -0.15) is 0 Å². The summed E-state index contributed by atoms with van der Waals surface area (Å²) in [6.45, 7) is 3.17. The second-order valence-corrected chi connectivity index (χ2v) is 6.66. The van der Waals surface area contributed by atoms with Crippen molar-refractivity contribution in [2.45, 2.75) is 19.9 Å². The van der Waals surface area contributed by atoms with E-state index < -0.39 is 0 Å². The van der Waals surface area contributed by atoms with Crippen molar-refractivity contribution in [2.75, 3.05) is 25.6 Å². The highest BCUT2D eigenvalue weighted by atomic mass is 16.5. The van der Waals surface area contributed by atoms with Gasteiger partial charge >= 0.3 is 6.03 Å². The van der Waals surface area contributed by atoms with E-state index in [4.69, 9.17) is 4.74 Å². The topological polar surface area (TPSA) is 87.7 Å². The number of fused-ring (bicyclic) bond motifs is 1. The molecule has 146 valence electrons. The second kappa shape index (κ2) is 8.67. The molecule has 3 rings (SSSR count). The Morgan fingerprint density at radius 3 is 2.46 bits per heavy atom. The first-order valence-electron chi connectivity index (χ1n) is 9.09. The predicted octanol–water partition coefficient (Wildman–Crippen LogP) is 2.95. The van der Waals surface area contributed by atoms with Gasteiger partial charge in [-0.1, -0.05) is 29.8 Å². The number of methoxy groups -OCH3 is 1. The number of anilines is 1. The van der Waals surface area contributed by atoms with E-state index in [2.05, 4.69) is 10.6 Å². The summed E-state index contributed by atoms with van der Waals surface area (Å²) in [5, 5.41) is 5.48. The molecule has 0 aliphatic carbocycles. The molecule has 0 saturated heterocycles. The first-order chi connectivity index (χ1) is 13.5. The monoisotopic (exact) mass is 381 g/mol. The average molecular weight is 381 g/mol. The van der Waals surface area contributed by atoms with Crippen molar-refractivity contribution >= 4 is 23.5 Å². The third-order valence-electron chi connectivity index (χ3n) is 4.53. The smallest absolute Gasteiger partial charge is 0.319 e. The molecule has 2 N–H and O–H groups in total. The molecule has 0 atom stereocenters. The van der Waals surface area contributed by atoms with E-state index in [1.54, 1.807) is 19.2 Å². The van der Waals surface area contributed by atoms with Gasteiger partial charge in [-0.25, -0.2) is 4.79 Å². The fraction of sp³-hybridized carbons (Fsp3) is 0.286. The third-order valence-corrected chi connectivity index (χ3v) is 4.53. The van der Waals surface area contributed by atoms with Crippen LogP contribution in [-0.4, -0.2) is 43.0 Å². The van der Waals surface area contributed by atoms with Crippen molar-refractivity contribution in [1.82, 2.24) is 10.2 Å². The lowest BCUT2D eigenvalue weighted by atomic mass is 10.1. The van der Waals surface area contributed by atoms with Crippen molar-refractivity contribution < 1.29 is 19.1 Å². The van der Waals surface area contributed by atoms with Gasteiger partial charge in [0, 0.05) is 32.5 Å². The number of nitrogens with zero attached hydrogens (tertiary/aromatic N) is 1. The standard InChI is InChI=1S/C21H23N3O4/c1-14-4-6-15(7-5-14)13-22-21(27)23-16-8-9-17-18(12-16)20(26)24(19(17)25)10-3-11-28-2/h4-9,12H,3,10-11,13H2,1-2H3,(H2,22,23,27). The average Bonchev–Trinajstić information content (AvgIpc) is 2.92. The third kappa shape index (κ3) is 4.37. The summed E-state index contributed by atoms with van der Waals surface area (Å²) in [4.78, 5) is 38.2. The molecular formula is C21H23N3O4. The zero-order valence-electron chi connectivity index (χ0n) is 16.0. The summed E-state index contributed by atoms with van der Waals surface area (Å²) in [6, 6.07) is 12.2. The second-order valence-electron chi connectivity index (χ2n) is 6.66. The predicted molar refractivity (Wildman–Crippen MR) is 105 cm³/mol. The van der Waals surface area contributed by atoms with E-state index in [9.17, 15) is 14.4 Å². The summed E-state index contributed by atoms with van der Waals surface area (Å²) in [6.07, 6.45) is 0.578. The Kier molecular flexibility index (Phi) is 6.06. The highest BCUT2D eigenvalue weighted by Crippen LogP contribution is 2.26. The lowest BCUT2D eigenvalue weighted by Gasteiger charge is -2.12. The summed E-state index contributed by atoms with van der Waals surface area (Å²) < 4.78 is 4.97. The number of aryl methyl sites for hydroxylation is 1. The Hall–Kier alpha value is -3.19. The van der Waals surface area contributed by atoms with Gasteiger partial charge in [0.05, 0.1) is 11.1 Å². The van der Waals surface area contributed by atoms with Gasteiger partial charge in [-0.05, 0) is 37.1 Å². The largest absolute Gasteiger partial charge is 0.385 e. The lowest BCUT2D eigenvalue weighted by molar-refractivity contribution is 0.0638. The van der Waals surface area contributed by atoms with E-state index >= 15 is 0 Å². The number of ether oxygens (including phenoxy) is 1. The number of imide groups is 1. The Bertz CT molecular complexity index is 893. The molecule has 7 heteroatoms. The molecule has 0 unspecified atom stereocenters. The summed E-state index contributed by atoms with van der Waals surface area (Å²) in [5.74, 6) is -0.661. The van der Waals surface area contributed by atoms with Gasteiger partial charge in [-0.15, -0.1) is 0 Å². The van der Waals surface area contributed by atoms with Crippen LogP contribution < -0.4 is 10.6 Å². The zero-order valence-corrected chi connectivity index (χ0v) is 16.0. The Labute approximate surface area is 163 Å². The number of benzene rings is 2. The van der Waals surface area contributed by atoms with E-state index in [0.717, 1.165) is 11.1 Å². The van der Waals surface area contributed by atoms with Crippen LogP contribution in [0.5, 0.6) is 0 Å². The van der Waals surface area contributed by atoms with Gasteiger partial charge in [0.25, 0.3) is 11.8 Å². The SMILES string of the molecule is COCCCN1C(=O)c2ccc(NC(=O)NCc3ccc(C)cc3)cc2C1=O. The Morgan fingerprint density at radius 2 is 1.75 bits per heavy atom. The molecule has 28 heavy (non-hydrogen) atoms. The molecule has 0 spiro atoms. The number of hydrogen-bond acceptors (Lipinski definition) is 4. The van der Waals surface area contributed by atoms with Crippen LogP contribution in [0.1, 0.15) is 38.3 Å². The minimum absolute atomic E-state index is 0.304. The maximum atomic E-state index is 12.5. The molecule has 4 amide bonds. The van der Waals surface area contributed by atoms with Crippen LogP contribution in [0, 0.1) is 6.92 Å². The Morgan fingerprint density at radius 1 is 1.04 bits per heavy atom. The normalized spacial score (nSPS) is 12.9. The molecule has 0 saturated carbocycles. The van der Waals surface area contributed by atoms with Crippen LogP contribution in [0.2, 0.25) is 0 Å². The van der Waals surface area contributed by atoms with E-state index in [1.165, 1.54) is 11.0 Å². The van der Waals surface area contributed by atoms with E-state index in [1.807, 2.05) is 31.2 Å². The number of carbonyl (C=O) groups is 3. The Balaban J connectivity index is 1.61. The van der Waals surface area contributed by atoms with Gasteiger partial charge in [0.2, 0.25) is 0 Å². The summed E-state index contributed by atoms with van der Waals surface area (Å²) >= 11 is 0. The molecule has 7 nitrogen and oxygen atoms in total. The van der Waals surface area contributed by atoms with Crippen LogP contribution in [0.4, 0.5) is 10.5 Å². The molecular weight excluding hydrogens is 358 g/mol. The van der Waals surface area contributed by atoms with Crippen molar-refractivity contribution in [3.63, 3.8) is 0 Å². The van der Waals surface area contributed by atoms with Crippen molar-refractivity contribution in [1.29, 1.82) is 0 Å². The van der Waals surface area contributed by atoms with Crippen molar-refractivity contribution in [3.05, 3.63) is 64.7 Å². The number of carbonyl (C=O) groups excluding carboxylic acids is 3. The van der Waals surface area contributed by atoms with Crippen molar-refractivity contribution in [2.24, 2.45) is 0 Å². The van der Waals surface area contributed by atoms with Gasteiger partial charge in [0.15, 0.2) is 0 Å². The maximum absolute atomic E-state index is 12.5. The quantitative estimate of drug-likeness (QED) is 0.570. The number of urea groups is 1. The molecule has 0 radical (unpaired) electrons. The zero-order chi connectivity index (χ0) is 20.1. The van der Waals surface area contributed by atoms with Crippen LogP contribution in [0.15, 0.2) is 42.5 Å². The molecule has 1 aliphatic rings. The highest BCUT2D eigenvalue weighted by molar-refractivity contribution is 6.21. The van der Waals surface area contributed by atoms with Crippen LogP contribution >= 0.6 is 0 Å². The molecule has 1 aliphatic heterocycles. The lowest BCUT2D eigenvalue weighted by Crippen LogP contribution is -2.31. The molecule has 0 fully saturated rings. The first kappa shape index (κ1) is 19.6. The van der Waals surface area contributed by atoms with Gasteiger partial charge in [-0.3, -0.25) is 14.5 Å².